The Hall–Kier alpha value is -2.15. The van der Waals surface area contributed by atoms with Gasteiger partial charge in [0.05, 0.1) is 4.92 Å². The van der Waals surface area contributed by atoms with Gasteiger partial charge in [0.25, 0.3) is 5.69 Å². The Balaban J connectivity index is 1.92. The summed E-state index contributed by atoms with van der Waals surface area (Å²) in [7, 11) is 1.79. The molecule has 144 valence electrons. The summed E-state index contributed by atoms with van der Waals surface area (Å²) >= 11 is 0. The first kappa shape index (κ1) is 20.2. The number of rotatable bonds is 4. The molecule has 0 bridgehead atoms. The lowest BCUT2D eigenvalue weighted by Crippen LogP contribution is -2.46. The Morgan fingerprint density at radius 1 is 1.35 bits per heavy atom. The predicted octanol–water partition coefficient (Wildman–Crippen LogP) is 3.73. The van der Waals surface area contributed by atoms with E-state index in [1.54, 1.807) is 31.0 Å². The van der Waals surface area contributed by atoms with E-state index in [0.717, 1.165) is 37.1 Å². The molecular weight excluding hydrogens is 334 g/mol. The van der Waals surface area contributed by atoms with Gasteiger partial charge in [0.15, 0.2) is 0 Å². The van der Waals surface area contributed by atoms with E-state index in [9.17, 15) is 14.9 Å². The number of hydrogen-bond donors (Lipinski definition) is 0. The van der Waals surface area contributed by atoms with E-state index in [-0.39, 0.29) is 22.7 Å². The van der Waals surface area contributed by atoms with Crippen LogP contribution in [0.15, 0.2) is 18.2 Å². The number of nitro groups is 1. The topological polar surface area (TPSA) is 75.9 Å². The van der Waals surface area contributed by atoms with Gasteiger partial charge in [0.1, 0.15) is 5.60 Å². The highest BCUT2D eigenvalue weighted by Gasteiger charge is 2.28. The van der Waals surface area contributed by atoms with E-state index in [2.05, 4.69) is 4.90 Å². The molecule has 1 aliphatic rings. The maximum atomic E-state index is 12.2. The minimum atomic E-state index is -0.494. The average molecular weight is 363 g/mol. The lowest BCUT2D eigenvalue weighted by molar-refractivity contribution is -0.385. The second-order valence-electron chi connectivity index (χ2n) is 7.92. The number of likely N-dealkylation sites (tertiary alicyclic amines) is 1. The molecule has 1 fully saturated rings. The van der Waals surface area contributed by atoms with Crippen LogP contribution in [-0.2, 0) is 11.3 Å². The van der Waals surface area contributed by atoms with Crippen molar-refractivity contribution < 1.29 is 14.5 Å². The summed E-state index contributed by atoms with van der Waals surface area (Å²) in [5.41, 5.74) is 1.39. The van der Waals surface area contributed by atoms with Crippen LogP contribution in [0.2, 0.25) is 0 Å². The van der Waals surface area contributed by atoms with E-state index >= 15 is 0 Å². The summed E-state index contributed by atoms with van der Waals surface area (Å²) in [5.74, 6) is 0. The van der Waals surface area contributed by atoms with Gasteiger partial charge in [-0.05, 0) is 46.1 Å². The standard InChI is InChI=1S/C19H29N3O4/c1-14-15(7-6-8-17(14)22(24)25)13-21-11-9-16(10-12-21)20(5)18(23)26-19(2,3)4/h6-8,16H,9-13H2,1-5H3. The molecule has 1 heterocycles. The number of carbonyl (C=O) groups excluding carboxylic acids is 1. The minimum Gasteiger partial charge on any atom is -0.444 e. The fourth-order valence-electron chi connectivity index (χ4n) is 3.23. The zero-order valence-electron chi connectivity index (χ0n) is 16.3. The molecule has 1 amide bonds. The Morgan fingerprint density at radius 3 is 2.50 bits per heavy atom. The second kappa shape index (κ2) is 8.03. The van der Waals surface area contributed by atoms with Crippen LogP contribution < -0.4 is 0 Å². The number of ether oxygens (including phenoxy) is 1. The molecule has 0 aliphatic carbocycles. The maximum absolute atomic E-state index is 12.2. The molecule has 7 nitrogen and oxygen atoms in total. The molecule has 0 radical (unpaired) electrons. The van der Waals surface area contributed by atoms with E-state index in [1.807, 2.05) is 26.8 Å². The first-order valence-electron chi connectivity index (χ1n) is 8.99. The smallest absolute Gasteiger partial charge is 0.410 e. The molecule has 1 aromatic rings. The molecule has 0 spiro atoms. The fourth-order valence-corrected chi connectivity index (χ4v) is 3.23. The molecule has 1 aromatic carbocycles. The van der Waals surface area contributed by atoms with E-state index in [4.69, 9.17) is 4.74 Å². The summed E-state index contributed by atoms with van der Waals surface area (Å²) in [6, 6.07) is 5.39. The Kier molecular flexibility index (Phi) is 6.23. The third-order valence-electron chi connectivity index (χ3n) is 4.79. The molecule has 1 saturated heterocycles. The summed E-state index contributed by atoms with van der Waals surface area (Å²) in [6.45, 7) is 9.78. The monoisotopic (exact) mass is 363 g/mol. The number of amides is 1. The van der Waals surface area contributed by atoms with Crippen molar-refractivity contribution in [1.29, 1.82) is 0 Å². The van der Waals surface area contributed by atoms with Gasteiger partial charge in [-0.1, -0.05) is 12.1 Å². The summed E-state index contributed by atoms with van der Waals surface area (Å²) in [4.78, 5) is 26.9. The van der Waals surface area contributed by atoms with Crippen LogP contribution >= 0.6 is 0 Å². The maximum Gasteiger partial charge on any atom is 0.410 e. The normalized spacial score (nSPS) is 16.3. The number of hydrogen-bond acceptors (Lipinski definition) is 5. The van der Waals surface area contributed by atoms with Crippen LogP contribution in [0.25, 0.3) is 0 Å². The Morgan fingerprint density at radius 2 is 1.96 bits per heavy atom. The Bertz CT molecular complexity index is 661. The number of carbonyl (C=O) groups is 1. The minimum absolute atomic E-state index is 0.160. The van der Waals surface area contributed by atoms with Crippen molar-refractivity contribution in [3.8, 4) is 0 Å². The van der Waals surface area contributed by atoms with Crippen LogP contribution in [0.3, 0.4) is 0 Å². The van der Waals surface area contributed by atoms with Gasteiger partial charge in [-0.2, -0.15) is 0 Å². The molecule has 0 unspecified atom stereocenters. The lowest BCUT2D eigenvalue weighted by Gasteiger charge is -2.37. The van der Waals surface area contributed by atoms with Crippen molar-refractivity contribution in [3.63, 3.8) is 0 Å². The van der Waals surface area contributed by atoms with E-state index in [0.29, 0.717) is 6.54 Å². The number of nitro benzene ring substituents is 1. The highest BCUT2D eigenvalue weighted by Crippen LogP contribution is 2.24. The van der Waals surface area contributed by atoms with Crippen LogP contribution in [0.1, 0.15) is 44.7 Å². The summed E-state index contributed by atoms with van der Waals surface area (Å²) in [6.07, 6.45) is 1.44. The second-order valence-corrected chi connectivity index (χ2v) is 7.92. The molecule has 0 atom stereocenters. The molecule has 1 aliphatic heterocycles. The predicted molar refractivity (Wildman–Crippen MR) is 100 cm³/mol. The van der Waals surface area contributed by atoms with Gasteiger partial charge in [0, 0.05) is 44.4 Å². The van der Waals surface area contributed by atoms with Crippen molar-refractivity contribution in [2.75, 3.05) is 20.1 Å². The van der Waals surface area contributed by atoms with Gasteiger partial charge in [-0.25, -0.2) is 4.79 Å². The van der Waals surface area contributed by atoms with Crippen LogP contribution in [0.4, 0.5) is 10.5 Å². The van der Waals surface area contributed by atoms with Gasteiger partial charge < -0.3 is 9.64 Å². The van der Waals surface area contributed by atoms with Crippen LogP contribution in [0, 0.1) is 17.0 Å². The van der Waals surface area contributed by atoms with Gasteiger partial charge in [-0.15, -0.1) is 0 Å². The zero-order valence-corrected chi connectivity index (χ0v) is 16.3. The molecule has 0 N–H and O–H groups in total. The zero-order chi connectivity index (χ0) is 19.5. The first-order chi connectivity index (χ1) is 12.1. The number of nitrogens with zero attached hydrogens (tertiary/aromatic N) is 3. The van der Waals surface area contributed by atoms with Crippen molar-refractivity contribution in [1.82, 2.24) is 9.80 Å². The average Bonchev–Trinajstić information content (AvgIpc) is 2.55. The summed E-state index contributed by atoms with van der Waals surface area (Å²) in [5, 5.41) is 11.1. The molecular formula is C19H29N3O4. The first-order valence-corrected chi connectivity index (χ1v) is 8.99. The molecule has 0 saturated carbocycles. The molecule has 2 rings (SSSR count). The largest absolute Gasteiger partial charge is 0.444 e. The third-order valence-corrected chi connectivity index (χ3v) is 4.79. The SMILES string of the molecule is Cc1c(CN2CCC(N(C)C(=O)OC(C)(C)C)CC2)cccc1[N+](=O)[O-]. The van der Waals surface area contributed by atoms with Crippen LogP contribution in [0.5, 0.6) is 0 Å². The van der Waals surface area contributed by atoms with E-state index < -0.39 is 5.60 Å². The number of piperidine rings is 1. The lowest BCUT2D eigenvalue weighted by atomic mass is 10.0. The molecule has 26 heavy (non-hydrogen) atoms. The third kappa shape index (κ3) is 5.17. The summed E-state index contributed by atoms with van der Waals surface area (Å²) < 4.78 is 5.44. The molecule has 0 aromatic heterocycles. The molecule has 7 heteroatoms. The number of benzene rings is 1. The van der Waals surface area contributed by atoms with E-state index in [1.165, 1.54) is 0 Å². The van der Waals surface area contributed by atoms with Crippen molar-refractivity contribution >= 4 is 11.8 Å². The van der Waals surface area contributed by atoms with Gasteiger partial charge in [0.2, 0.25) is 0 Å². The van der Waals surface area contributed by atoms with Crippen LogP contribution in [-0.4, -0.2) is 52.6 Å². The van der Waals surface area contributed by atoms with Crippen molar-refractivity contribution in [2.45, 2.75) is 58.7 Å². The fraction of sp³-hybridized carbons (Fsp3) is 0.632. The van der Waals surface area contributed by atoms with Gasteiger partial charge in [-0.3, -0.25) is 15.0 Å². The van der Waals surface area contributed by atoms with Gasteiger partial charge >= 0.3 is 6.09 Å². The quantitative estimate of drug-likeness (QED) is 0.602. The highest BCUT2D eigenvalue weighted by atomic mass is 16.6. The van der Waals surface area contributed by atoms with Crippen molar-refractivity contribution in [3.05, 3.63) is 39.4 Å². The van der Waals surface area contributed by atoms with Crippen molar-refractivity contribution in [2.24, 2.45) is 0 Å². The Labute approximate surface area is 155 Å². The highest BCUT2D eigenvalue weighted by molar-refractivity contribution is 5.68.